The van der Waals surface area contributed by atoms with Crippen molar-refractivity contribution in [3.05, 3.63) is 328 Å². The minimum Gasteiger partial charge on any atom is -0.508 e. The number of aryl methyl sites for hydroxylation is 1. The molecule has 0 aliphatic carbocycles. The van der Waals surface area contributed by atoms with Crippen molar-refractivity contribution in [2.24, 2.45) is 0 Å². The van der Waals surface area contributed by atoms with Gasteiger partial charge in [0.1, 0.15) is 116 Å². The third kappa shape index (κ3) is 32.8. The van der Waals surface area contributed by atoms with E-state index in [-0.39, 0.29) is 87.0 Å². The summed E-state index contributed by atoms with van der Waals surface area (Å²) in [6.45, 7) is 6.39. The van der Waals surface area contributed by atoms with Gasteiger partial charge in [-0.1, -0.05) is 152 Å². The van der Waals surface area contributed by atoms with E-state index in [0.29, 0.717) is 92.1 Å². The fraction of sp³-hybridized carbons (Fsp3) is 0.237. The summed E-state index contributed by atoms with van der Waals surface area (Å²) >= 11 is 4.81. The zero-order valence-electron chi connectivity index (χ0n) is 69.7. The molecule has 642 valence electrons. The van der Waals surface area contributed by atoms with Crippen molar-refractivity contribution in [2.75, 3.05) is 80.1 Å². The van der Waals surface area contributed by atoms with E-state index in [1.54, 1.807) is 54.7 Å². The van der Waals surface area contributed by atoms with Gasteiger partial charge in [-0.2, -0.15) is 0 Å². The lowest BCUT2D eigenvalue weighted by molar-refractivity contribution is -0.122. The summed E-state index contributed by atoms with van der Waals surface area (Å²) < 4.78 is 55.2. The number of fused-ring (bicyclic) bond motifs is 4. The number of phenols is 2. The van der Waals surface area contributed by atoms with Crippen LogP contribution in [-0.4, -0.2) is 137 Å². The number of hydrogen-bond donors (Lipinski definition) is 6. The summed E-state index contributed by atoms with van der Waals surface area (Å²) in [6.07, 6.45) is 4.55. The number of pyridine rings is 1. The first-order valence-corrected chi connectivity index (χ1v) is 39.4. The first kappa shape index (κ1) is 95.4. The molecule has 1 unspecified atom stereocenters. The fourth-order valence-electron chi connectivity index (χ4n) is 12.5. The number of nitrogens with two attached hydrogens (primary N) is 2. The predicted molar refractivity (Wildman–Crippen MR) is 472 cm³/mol. The Hall–Kier alpha value is -13.1. The number of phenolic OH excluding ortho intramolecular Hbond substituents is 2. The molecule has 0 fully saturated rings. The van der Waals surface area contributed by atoms with E-state index < -0.39 is 5.24 Å². The number of anilines is 2. The van der Waals surface area contributed by atoms with E-state index in [0.717, 1.165) is 89.2 Å². The average Bonchev–Trinajstić information content (AvgIpc) is 1.57. The molecular formula is C97H103ClN6O19. The number of Topliss-reactive ketones (excluding diaryl/α,β-unsaturated/α-hetero) is 4. The first-order chi connectivity index (χ1) is 59.6. The van der Waals surface area contributed by atoms with Crippen LogP contribution in [-0.2, 0) is 118 Å². The van der Waals surface area contributed by atoms with Crippen LogP contribution >= 0.6 is 11.6 Å². The van der Waals surface area contributed by atoms with Crippen LogP contribution < -0.4 is 30.4 Å². The van der Waals surface area contributed by atoms with Crippen molar-refractivity contribution < 1.29 is 91.8 Å². The number of methoxy groups -OCH3 is 5. The minimum absolute atomic E-state index is 0.00154. The van der Waals surface area contributed by atoms with Gasteiger partial charge in [0.05, 0.1) is 31.6 Å². The topological polar surface area (TPSA) is 354 Å². The van der Waals surface area contributed by atoms with Gasteiger partial charge in [-0.3, -0.25) is 29.0 Å². The Morgan fingerprint density at radius 3 is 1.34 bits per heavy atom. The maximum atomic E-state index is 11.9. The molecule has 26 heteroatoms. The Bertz CT molecular complexity index is 5420. The molecule has 0 spiro atoms. The van der Waals surface area contributed by atoms with Gasteiger partial charge in [-0.15, -0.1) is 0 Å². The lowest BCUT2D eigenvalue weighted by atomic mass is 10.1. The summed E-state index contributed by atoms with van der Waals surface area (Å²) in [5.41, 5.74) is 27.3. The van der Waals surface area contributed by atoms with Crippen molar-refractivity contribution in [1.82, 2.24) is 19.5 Å². The van der Waals surface area contributed by atoms with E-state index in [4.69, 9.17) is 75.9 Å². The molecule has 1 aliphatic rings. The largest absolute Gasteiger partial charge is 0.508 e. The molecule has 1 aliphatic heterocycles. The number of para-hydroxylation sites is 1. The van der Waals surface area contributed by atoms with Gasteiger partial charge < -0.3 is 83.8 Å². The van der Waals surface area contributed by atoms with Crippen LogP contribution in [0, 0.1) is 6.92 Å². The molecule has 14 rings (SSSR count). The highest BCUT2D eigenvalue weighted by molar-refractivity contribution is 6.63. The summed E-state index contributed by atoms with van der Waals surface area (Å²) in [5, 5.41) is 36.7. The van der Waals surface area contributed by atoms with E-state index >= 15 is 0 Å². The number of aromatic nitrogens is 4. The number of aliphatic hydroxyl groups is 2. The van der Waals surface area contributed by atoms with Gasteiger partial charge >= 0.3 is 0 Å². The molecule has 4 heterocycles. The van der Waals surface area contributed by atoms with Crippen LogP contribution in [0.3, 0.4) is 0 Å². The van der Waals surface area contributed by atoms with Crippen LogP contribution in [0.25, 0.3) is 27.6 Å². The number of ketones is 4. The van der Waals surface area contributed by atoms with Crippen LogP contribution in [0.4, 0.5) is 11.5 Å². The molecule has 0 bridgehead atoms. The number of carbonyl (C=O) groups excluding carboxylic acids is 5. The zero-order chi connectivity index (χ0) is 88.3. The Morgan fingerprint density at radius 2 is 0.878 bits per heavy atom. The van der Waals surface area contributed by atoms with Crippen LogP contribution in [0.5, 0.6) is 40.2 Å². The standard InChI is InChI=1S/C32H30N4O5.C18H20O3.C17H18O4.C11H14O3.C9H7NO.C7H9NO.C3H5ClO2/c1-20-29-28(18-39-20)36(31-30(29)34-19-35-32(31)33)23-9-11-25(12-10-23)41-27-8-4-7-26(15-27)40-16-22-6-3-5-21(13-22)14-24(37)17-38-2;1-14-5-3-8-18(9-14)21-12-16-7-4-6-15(10-16)11-17(19)13-20-2;1-20-12-16(19)9-13-4-2-5-14(8-13)11-21-17-7-3-6-15(18)10-17;1-14-8-11(13)6-9-3-2-4-10(5-9)7-12;11-8-5-1-3-7-4-2-6-10-9(7)8;8-7-3-1-2-6(4-7)5-9;1-6-2-3(4)5/h3-13,15,19-20H,14,16-18H2,1-2H3,(H2,33,34,35);3-10H,11-13H2,1-2H3;2-8,10,18H,9,11-12H2,1H3;2-5,12H,6-8H2,1H3;1-6,11H;1-4,9H,5,8H2;2H2,1H3. The molecule has 25 nitrogen and oxygen atoms in total. The number of aliphatic hydroxyl groups excluding tert-OH is 2. The number of nitrogens with zero attached hydrogens (tertiary/aromatic N) is 4. The van der Waals surface area contributed by atoms with Crippen molar-refractivity contribution in [2.45, 2.75) is 85.3 Å². The number of rotatable bonds is 32. The number of hydrogen-bond acceptors (Lipinski definition) is 24. The Labute approximate surface area is 720 Å². The number of nitrogen functional groups attached to an aromatic ring is 2. The van der Waals surface area contributed by atoms with Crippen LogP contribution in [0.15, 0.2) is 261 Å². The molecule has 0 amide bonds. The molecule has 1 atom stereocenters. The zero-order valence-corrected chi connectivity index (χ0v) is 70.5. The molecule has 0 saturated carbocycles. The van der Waals surface area contributed by atoms with Gasteiger partial charge in [0.25, 0.3) is 0 Å². The lowest BCUT2D eigenvalue weighted by Gasteiger charge is -2.12. The highest BCUT2D eigenvalue weighted by Gasteiger charge is 2.31. The van der Waals surface area contributed by atoms with Crippen molar-refractivity contribution in [1.29, 1.82) is 0 Å². The SMILES string of the molecule is COCC(=O)Cc1cccc(CO)c1.COCC(=O)Cc1cccc(COc2cccc(C)c2)c1.COCC(=O)Cc1cccc(COc2cccc(O)c2)c1.COCC(=O)Cc1cccc(COc2cccc(Oc3ccc(-n4c5c(c6ncnc(N)c64)C(C)OC5)cc3)c2)c1.COCC(=O)Cl.Nc1cccc(CO)c1.Oc1cccc2cccnc12. The van der Waals surface area contributed by atoms with E-state index in [9.17, 15) is 34.2 Å². The molecule has 0 saturated heterocycles. The summed E-state index contributed by atoms with van der Waals surface area (Å²) in [6, 6.07) is 77.0. The van der Waals surface area contributed by atoms with E-state index in [1.807, 2.05) is 214 Å². The second-order valence-corrected chi connectivity index (χ2v) is 28.4. The maximum absolute atomic E-state index is 11.9. The van der Waals surface area contributed by atoms with Gasteiger partial charge in [-0.25, -0.2) is 9.97 Å². The third-order valence-electron chi connectivity index (χ3n) is 17.9. The molecule has 13 aromatic rings. The molecule has 0 radical (unpaired) electrons. The smallest absolute Gasteiger partial charge is 0.247 e. The average molecular weight is 1690 g/mol. The van der Waals surface area contributed by atoms with Gasteiger partial charge in [0, 0.05) is 102 Å². The monoisotopic (exact) mass is 1690 g/mol. The molecule has 8 N–H and O–H groups in total. The molecular weight excluding hydrogens is 1590 g/mol. The van der Waals surface area contributed by atoms with E-state index in [1.165, 1.54) is 47.4 Å². The van der Waals surface area contributed by atoms with Crippen molar-refractivity contribution in [3.8, 4) is 45.9 Å². The highest BCUT2D eigenvalue weighted by atomic mass is 35.5. The first-order valence-electron chi connectivity index (χ1n) is 39.1. The van der Waals surface area contributed by atoms with Gasteiger partial charge in [0.15, 0.2) is 29.0 Å². The molecule has 123 heavy (non-hydrogen) atoms. The predicted octanol–water partition coefficient (Wildman–Crippen LogP) is 15.8. The summed E-state index contributed by atoms with van der Waals surface area (Å²) in [5.74, 6) is 4.53. The highest BCUT2D eigenvalue weighted by Crippen LogP contribution is 2.41. The minimum atomic E-state index is -0.461. The number of ether oxygens (including phenoxy) is 10. The Balaban J connectivity index is 0.000000195. The number of aromatic hydroxyl groups is 2. The van der Waals surface area contributed by atoms with Crippen LogP contribution in [0.1, 0.15) is 79.9 Å². The second kappa shape index (κ2) is 51.5. The number of halogens is 1. The fourth-order valence-corrected chi connectivity index (χ4v) is 12.6. The second-order valence-electron chi connectivity index (χ2n) is 27.9. The Kier molecular flexibility index (Phi) is 40.0. The maximum Gasteiger partial charge on any atom is 0.247 e. The third-order valence-corrected chi connectivity index (χ3v) is 18.0. The quantitative estimate of drug-likeness (QED) is 0.0168. The summed E-state index contributed by atoms with van der Waals surface area (Å²) in [7, 11) is 7.48. The van der Waals surface area contributed by atoms with Crippen LogP contribution in [0.2, 0.25) is 0 Å². The van der Waals surface area contributed by atoms with E-state index in [2.05, 4.69) is 24.3 Å². The Morgan fingerprint density at radius 1 is 0.447 bits per heavy atom. The van der Waals surface area contributed by atoms with Gasteiger partial charge in [-0.05, 0) is 166 Å². The summed E-state index contributed by atoms with van der Waals surface area (Å²) in [4.78, 5) is 68.7. The van der Waals surface area contributed by atoms with Crippen molar-refractivity contribution in [3.63, 3.8) is 0 Å². The normalized spacial score (nSPS) is 11.4. The van der Waals surface area contributed by atoms with Crippen molar-refractivity contribution >= 4 is 73.4 Å². The van der Waals surface area contributed by atoms with Gasteiger partial charge in [0.2, 0.25) is 5.24 Å². The number of benzene rings is 10. The molecule has 10 aromatic carbocycles. The lowest BCUT2D eigenvalue weighted by Crippen LogP contribution is -2.10. The molecule has 3 aromatic heterocycles. The number of carbonyl (C=O) groups is 5.